The Kier molecular flexibility index (Phi) is 3.95. The molecule has 3 nitrogen and oxygen atoms in total. The molecule has 1 atom stereocenters. The number of halogens is 4. The topological polar surface area (TPSA) is 52.3 Å². The average Bonchev–Trinajstić information content (AvgIpc) is 2.28. The zero-order valence-corrected chi connectivity index (χ0v) is 9.42. The van der Waals surface area contributed by atoms with Crippen LogP contribution in [0.1, 0.15) is 5.56 Å². The van der Waals surface area contributed by atoms with Crippen LogP contribution in [-0.4, -0.2) is 25.8 Å². The Bertz CT molecular complexity index is 447. The molecule has 18 heavy (non-hydrogen) atoms. The van der Waals surface area contributed by atoms with Crippen LogP contribution in [0.4, 0.5) is 17.6 Å². The maximum atomic E-state index is 13.1. The molecule has 1 aromatic carbocycles. The van der Waals surface area contributed by atoms with Crippen molar-refractivity contribution in [3.05, 3.63) is 35.6 Å². The third kappa shape index (κ3) is 2.17. The second kappa shape index (κ2) is 4.93. The lowest BCUT2D eigenvalue weighted by atomic mass is 9.79. The summed E-state index contributed by atoms with van der Waals surface area (Å²) in [5.74, 6) is -2.46. The second-order valence-electron chi connectivity index (χ2n) is 3.61. The Morgan fingerprint density at radius 1 is 1.39 bits per heavy atom. The molecule has 1 rings (SSSR count). The van der Waals surface area contributed by atoms with Crippen LogP contribution in [0.2, 0.25) is 0 Å². The van der Waals surface area contributed by atoms with Crippen LogP contribution in [0.25, 0.3) is 0 Å². The molecule has 0 aromatic heterocycles. The van der Waals surface area contributed by atoms with Gasteiger partial charge in [-0.2, -0.15) is 13.2 Å². The molecule has 0 aliphatic carbocycles. The highest BCUT2D eigenvalue weighted by Gasteiger charge is 2.61. The first-order chi connectivity index (χ1) is 8.29. The van der Waals surface area contributed by atoms with Crippen molar-refractivity contribution >= 4 is 5.97 Å². The molecule has 2 N–H and O–H groups in total. The zero-order chi connectivity index (χ0) is 14.0. The molecule has 0 aliphatic heterocycles. The Morgan fingerprint density at radius 3 is 2.39 bits per heavy atom. The van der Waals surface area contributed by atoms with E-state index in [1.165, 1.54) is 0 Å². The monoisotopic (exact) mass is 265 g/mol. The molecule has 0 fully saturated rings. The number of nitrogens with two attached hydrogens (primary N) is 1. The van der Waals surface area contributed by atoms with E-state index in [1.807, 2.05) is 0 Å². The second-order valence-corrected chi connectivity index (χ2v) is 3.61. The lowest BCUT2D eigenvalue weighted by molar-refractivity contribution is -0.205. The first-order valence-electron chi connectivity index (χ1n) is 4.91. The Morgan fingerprint density at radius 2 is 2.00 bits per heavy atom. The first-order valence-corrected chi connectivity index (χ1v) is 4.91. The van der Waals surface area contributed by atoms with E-state index in [2.05, 4.69) is 4.74 Å². The minimum absolute atomic E-state index is 0.579. The number of rotatable bonds is 3. The van der Waals surface area contributed by atoms with E-state index >= 15 is 0 Å². The van der Waals surface area contributed by atoms with Gasteiger partial charge < -0.3 is 10.5 Å². The van der Waals surface area contributed by atoms with Gasteiger partial charge in [0.05, 0.1) is 7.11 Å². The fourth-order valence-electron chi connectivity index (χ4n) is 1.64. The summed E-state index contributed by atoms with van der Waals surface area (Å²) in [4.78, 5) is 11.5. The number of hydrogen-bond donors (Lipinski definition) is 1. The van der Waals surface area contributed by atoms with Crippen molar-refractivity contribution in [1.82, 2.24) is 0 Å². The van der Waals surface area contributed by atoms with Crippen LogP contribution in [0, 0.1) is 5.82 Å². The molecule has 7 heteroatoms. The maximum absolute atomic E-state index is 13.1. The molecule has 0 radical (unpaired) electrons. The minimum Gasteiger partial charge on any atom is -0.468 e. The quantitative estimate of drug-likeness (QED) is 0.669. The Hall–Kier alpha value is -1.63. The SMILES string of the molecule is COC(=O)C(CN)(c1cccc(F)c1)C(F)(F)F. The van der Waals surface area contributed by atoms with Crippen molar-refractivity contribution in [2.45, 2.75) is 11.6 Å². The Labute approximate surface area is 101 Å². The third-order valence-corrected chi connectivity index (χ3v) is 2.64. The van der Waals surface area contributed by atoms with E-state index in [0.29, 0.717) is 6.07 Å². The van der Waals surface area contributed by atoms with Crippen molar-refractivity contribution in [3.8, 4) is 0 Å². The predicted molar refractivity (Wildman–Crippen MR) is 55.2 cm³/mol. The largest absolute Gasteiger partial charge is 0.468 e. The van der Waals surface area contributed by atoms with Crippen molar-refractivity contribution in [3.63, 3.8) is 0 Å². The number of carbonyl (C=O) groups is 1. The van der Waals surface area contributed by atoms with Crippen LogP contribution in [0.5, 0.6) is 0 Å². The number of benzene rings is 1. The number of alkyl halides is 3. The molecule has 100 valence electrons. The van der Waals surface area contributed by atoms with Gasteiger partial charge in [-0.05, 0) is 17.7 Å². The molecule has 0 bridgehead atoms. The smallest absolute Gasteiger partial charge is 0.410 e. The lowest BCUT2D eigenvalue weighted by Crippen LogP contribution is -2.55. The number of carbonyl (C=O) groups excluding carboxylic acids is 1. The lowest BCUT2D eigenvalue weighted by Gasteiger charge is -2.32. The Balaban J connectivity index is 3.50. The zero-order valence-electron chi connectivity index (χ0n) is 9.42. The number of hydrogen-bond acceptors (Lipinski definition) is 3. The van der Waals surface area contributed by atoms with Crippen molar-refractivity contribution < 1.29 is 27.1 Å². The summed E-state index contributed by atoms with van der Waals surface area (Å²) < 4.78 is 56.6. The standard InChI is InChI=1S/C11H11F4NO2/c1-18-9(17)10(6-16,11(13,14)15)7-3-2-4-8(12)5-7/h2-5H,6,16H2,1H3. The summed E-state index contributed by atoms with van der Waals surface area (Å²) in [6, 6.07) is 3.65. The van der Waals surface area contributed by atoms with Gasteiger partial charge in [0.2, 0.25) is 0 Å². The van der Waals surface area contributed by atoms with Crippen LogP contribution < -0.4 is 5.73 Å². The highest BCUT2D eigenvalue weighted by atomic mass is 19.4. The molecule has 0 heterocycles. The number of ether oxygens (including phenoxy) is 1. The van der Waals surface area contributed by atoms with Crippen LogP contribution in [-0.2, 0) is 14.9 Å². The van der Waals surface area contributed by atoms with Gasteiger partial charge in [0.15, 0.2) is 5.41 Å². The van der Waals surface area contributed by atoms with E-state index in [0.717, 1.165) is 25.3 Å². The third-order valence-electron chi connectivity index (χ3n) is 2.64. The molecule has 0 amide bonds. The molecule has 0 aliphatic rings. The van der Waals surface area contributed by atoms with Crippen LogP contribution in [0.15, 0.2) is 24.3 Å². The van der Waals surface area contributed by atoms with Gasteiger partial charge >= 0.3 is 12.1 Å². The fraction of sp³-hybridized carbons (Fsp3) is 0.364. The van der Waals surface area contributed by atoms with Crippen LogP contribution in [0.3, 0.4) is 0 Å². The van der Waals surface area contributed by atoms with Gasteiger partial charge in [0.25, 0.3) is 0 Å². The highest BCUT2D eigenvalue weighted by molar-refractivity contribution is 5.84. The molecule has 1 aromatic rings. The number of esters is 1. The van der Waals surface area contributed by atoms with E-state index in [9.17, 15) is 22.4 Å². The van der Waals surface area contributed by atoms with E-state index < -0.39 is 35.5 Å². The van der Waals surface area contributed by atoms with Gasteiger partial charge in [-0.25, -0.2) is 4.39 Å². The van der Waals surface area contributed by atoms with Gasteiger partial charge in [-0.15, -0.1) is 0 Å². The summed E-state index contributed by atoms with van der Waals surface area (Å²) >= 11 is 0. The summed E-state index contributed by atoms with van der Waals surface area (Å²) in [5.41, 5.74) is 1.48. The van der Waals surface area contributed by atoms with E-state index in [1.54, 1.807) is 0 Å². The van der Waals surface area contributed by atoms with Crippen molar-refractivity contribution in [2.24, 2.45) is 5.73 Å². The van der Waals surface area contributed by atoms with Gasteiger partial charge in [0, 0.05) is 6.54 Å². The number of methoxy groups -OCH3 is 1. The van der Waals surface area contributed by atoms with Crippen LogP contribution >= 0.6 is 0 Å². The molecular formula is C11H11F4NO2. The average molecular weight is 265 g/mol. The molecule has 1 unspecified atom stereocenters. The van der Waals surface area contributed by atoms with Crippen molar-refractivity contribution in [2.75, 3.05) is 13.7 Å². The van der Waals surface area contributed by atoms with Gasteiger partial charge in [-0.1, -0.05) is 12.1 Å². The van der Waals surface area contributed by atoms with Gasteiger partial charge in [0.1, 0.15) is 5.82 Å². The summed E-state index contributed by atoms with van der Waals surface area (Å²) in [5, 5.41) is 0. The fourth-order valence-corrected chi connectivity index (χ4v) is 1.64. The van der Waals surface area contributed by atoms with Gasteiger partial charge in [-0.3, -0.25) is 4.79 Å². The van der Waals surface area contributed by atoms with Crippen molar-refractivity contribution in [1.29, 1.82) is 0 Å². The molecule has 0 saturated heterocycles. The predicted octanol–water partition coefficient (Wildman–Crippen LogP) is 1.76. The molecule has 0 spiro atoms. The normalized spacial score (nSPS) is 15.0. The maximum Gasteiger partial charge on any atom is 0.410 e. The summed E-state index contributed by atoms with van der Waals surface area (Å²) in [7, 11) is 0.817. The van der Waals surface area contributed by atoms with E-state index in [4.69, 9.17) is 5.73 Å². The van der Waals surface area contributed by atoms with E-state index in [-0.39, 0.29) is 0 Å². The minimum atomic E-state index is -4.98. The molecular weight excluding hydrogens is 254 g/mol. The highest BCUT2D eigenvalue weighted by Crippen LogP contribution is 2.41. The summed E-state index contributed by atoms with van der Waals surface area (Å²) in [6.07, 6.45) is -4.98. The first kappa shape index (κ1) is 14.4. The summed E-state index contributed by atoms with van der Waals surface area (Å²) in [6.45, 7) is -1.06. The molecule has 0 saturated carbocycles.